The van der Waals surface area contributed by atoms with E-state index in [-0.39, 0.29) is 10.6 Å². The van der Waals surface area contributed by atoms with Gasteiger partial charge in [0.15, 0.2) is 29.7 Å². The van der Waals surface area contributed by atoms with Crippen LogP contribution < -0.4 is 20.3 Å². The molecule has 0 aliphatic heterocycles. The predicted octanol–water partition coefficient (Wildman–Crippen LogP) is 2.86. The second-order valence-electron chi connectivity index (χ2n) is 4.92. The molecule has 0 heterocycles. The molecule has 9 heteroatoms. The normalized spacial score (nSPS) is 10.2. The van der Waals surface area contributed by atoms with Crippen molar-refractivity contribution in [3.63, 3.8) is 0 Å². The van der Waals surface area contributed by atoms with Crippen molar-refractivity contribution in [3.05, 3.63) is 58.6 Å². The number of halogens is 3. The number of benzene rings is 2. The number of rotatable bonds is 6. The Morgan fingerprint density at radius 1 is 1.04 bits per heavy atom. The van der Waals surface area contributed by atoms with Crippen LogP contribution in [-0.2, 0) is 4.79 Å². The molecule has 0 unspecified atom stereocenters. The Morgan fingerprint density at radius 3 is 2.31 bits per heavy atom. The first-order valence-corrected chi connectivity index (χ1v) is 7.88. The van der Waals surface area contributed by atoms with E-state index in [0.717, 1.165) is 0 Å². The summed E-state index contributed by atoms with van der Waals surface area (Å²) in [6.07, 6.45) is 0. The molecule has 0 spiro atoms. The van der Waals surface area contributed by atoms with Crippen molar-refractivity contribution < 1.29 is 27.8 Å². The summed E-state index contributed by atoms with van der Waals surface area (Å²) in [4.78, 5) is 23.7. The lowest BCUT2D eigenvalue weighted by Crippen LogP contribution is -2.44. The zero-order valence-electron chi connectivity index (χ0n) is 13.6. The number of amides is 2. The van der Waals surface area contributed by atoms with Gasteiger partial charge in [0, 0.05) is 0 Å². The molecule has 26 heavy (non-hydrogen) atoms. The second kappa shape index (κ2) is 9.00. The van der Waals surface area contributed by atoms with Gasteiger partial charge in [-0.25, -0.2) is 8.78 Å². The molecule has 6 nitrogen and oxygen atoms in total. The lowest BCUT2D eigenvalue weighted by molar-refractivity contribution is -0.123. The Balaban J connectivity index is 1.89. The van der Waals surface area contributed by atoms with Gasteiger partial charge < -0.3 is 9.47 Å². The van der Waals surface area contributed by atoms with Gasteiger partial charge in [-0.2, -0.15) is 0 Å². The van der Waals surface area contributed by atoms with Crippen LogP contribution in [0.3, 0.4) is 0 Å². The van der Waals surface area contributed by atoms with E-state index in [2.05, 4.69) is 5.43 Å². The molecule has 0 aromatic heterocycles. The molecular formula is C17H15ClF2N2O4. The minimum absolute atomic E-state index is 0.294. The van der Waals surface area contributed by atoms with Crippen molar-refractivity contribution in [2.45, 2.75) is 6.92 Å². The van der Waals surface area contributed by atoms with E-state index < -0.39 is 30.1 Å². The maximum Gasteiger partial charge on any atom is 0.276 e. The van der Waals surface area contributed by atoms with Gasteiger partial charge in [0.25, 0.3) is 11.8 Å². The first-order valence-electron chi connectivity index (χ1n) is 7.50. The number of hydrogen-bond donors (Lipinski definition) is 2. The fourth-order valence-corrected chi connectivity index (χ4v) is 2.15. The van der Waals surface area contributed by atoms with E-state index >= 15 is 0 Å². The standard InChI is InChI=1S/C17H15ClF2N2O4/c1-2-25-14-5-3-4-6-15(14)26-9-16(23)21-22-17(24)10-7-12(19)13(20)8-11(10)18/h3-8H,2,9H2,1H3,(H,21,23)(H,22,24). The predicted molar refractivity (Wildman–Crippen MR) is 90.1 cm³/mol. The molecule has 0 bridgehead atoms. The molecular weight excluding hydrogens is 370 g/mol. The Morgan fingerprint density at radius 2 is 1.65 bits per heavy atom. The number of para-hydroxylation sites is 2. The van der Waals surface area contributed by atoms with Crippen molar-refractivity contribution in [3.8, 4) is 11.5 Å². The van der Waals surface area contributed by atoms with Crippen molar-refractivity contribution in [1.29, 1.82) is 0 Å². The van der Waals surface area contributed by atoms with Crippen LogP contribution >= 0.6 is 11.6 Å². The third-order valence-corrected chi connectivity index (χ3v) is 3.39. The zero-order chi connectivity index (χ0) is 19.1. The quantitative estimate of drug-likeness (QED) is 0.593. The lowest BCUT2D eigenvalue weighted by atomic mass is 10.2. The molecule has 2 aromatic rings. The van der Waals surface area contributed by atoms with E-state index in [4.69, 9.17) is 21.1 Å². The summed E-state index contributed by atoms with van der Waals surface area (Å²) in [7, 11) is 0. The van der Waals surface area contributed by atoms with Crippen LogP contribution in [0.15, 0.2) is 36.4 Å². The highest BCUT2D eigenvalue weighted by atomic mass is 35.5. The van der Waals surface area contributed by atoms with E-state index in [1.54, 1.807) is 24.3 Å². The maximum atomic E-state index is 13.2. The van der Waals surface area contributed by atoms with E-state index in [1.807, 2.05) is 12.3 Å². The van der Waals surface area contributed by atoms with Gasteiger partial charge in [0.2, 0.25) is 0 Å². The van der Waals surface area contributed by atoms with E-state index in [0.29, 0.717) is 30.2 Å². The fourth-order valence-electron chi connectivity index (χ4n) is 1.91. The monoisotopic (exact) mass is 384 g/mol. The van der Waals surface area contributed by atoms with E-state index in [1.165, 1.54) is 0 Å². The van der Waals surface area contributed by atoms with E-state index in [9.17, 15) is 18.4 Å². The lowest BCUT2D eigenvalue weighted by Gasteiger charge is -2.12. The highest BCUT2D eigenvalue weighted by Crippen LogP contribution is 2.26. The second-order valence-corrected chi connectivity index (χ2v) is 5.32. The van der Waals surface area contributed by atoms with Crippen LogP contribution in [0.25, 0.3) is 0 Å². The average Bonchev–Trinajstić information content (AvgIpc) is 2.62. The molecule has 0 aliphatic rings. The maximum absolute atomic E-state index is 13.2. The largest absolute Gasteiger partial charge is 0.490 e. The smallest absolute Gasteiger partial charge is 0.276 e. The molecule has 2 rings (SSSR count). The molecule has 2 aromatic carbocycles. The molecule has 0 saturated carbocycles. The molecule has 0 radical (unpaired) electrons. The summed E-state index contributed by atoms with van der Waals surface area (Å²) in [5.41, 5.74) is 3.80. The van der Waals surface area contributed by atoms with Crippen molar-refractivity contribution >= 4 is 23.4 Å². The van der Waals surface area contributed by atoms with Crippen molar-refractivity contribution in [2.75, 3.05) is 13.2 Å². The number of hydrogen-bond acceptors (Lipinski definition) is 4. The van der Waals surface area contributed by atoms with Crippen LogP contribution in [0.5, 0.6) is 11.5 Å². The fraction of sp³-hybridized carbons (Fsp3) is 0.176. The molecule has 0 fully saturated rings. The SMILES string of the molecule is CCOc1ccccc1OCC(=O)NNC(=O)c1cc(F)c(F)cc1Cl. The van der Waals surface area contributed by atoms with Gasteiger partial charge in [-0.1, -0.05) is 23.7 Å². The van der Waals surface area contributed by atoms with Crippen LogP contribution in [0.2, 0.25) is 5.02 Å². The Hall–Kier alpha value is -2.87. The number of ether oxygens (including phenoxy) is 2. The summed E-state index contributed by atoms with van der Waals surface area (Å²) in [6, 6.07) is 8.07. The van der Waals surface area contributed by atoms with Crippen LogP contribution in [-0.4, -0.2) is 25.0 Å². The highest BCUT2D eigenvalue weighted by molar-refractivity contribution is 6.33. The average molecular weight is 385 g/mol. The minimum Gasteiger partial charge on any atom is -0.490 e. The number of hydrazine groups is 1. The Bertz CT molecular complexity index is 817. The van der Waals surface area contributed by atoms with Gasteiger partial charge in [0.1, 0.15) is 0 Å². The molecule has 0 saturated heterocycles. The van der Waals surface area contributed by atoms with Gasteiger partial charge in [-0.15, -0.1) is 0 Å². The topological polar surface area (TPSA) is 76.7 Å². The summed E-state index contributed by atoms with van der Waals surface area (Å²) < 4.78 is 36.9. The highest BCUT2D eigenvalue weighted by Gasteiger charge is 2.16. The first kappa shape index (κ1) is 19.5. The zero-order valence-corrected chi connectivity index (χ0v) is 14.4. The molecule has 0 aliphatic carbocycles. The molecule has 2 N–H and O–H groups in total. The summed E-state index contributed by atoms with van der Waals surface area (Å²) >= 11 is 5.68. The Kier molecular flexibility index (Phi) is 6.74. The summed E-state index contributed by atoms with van der Waals surface area (Å²) in [6.45, 7) is 1.83. The third kappa shape index (κ3) is 5.06. The molecule has 138 valence electrons. The van der Waals surface area contributed by atoms with Crippen molar-refractivity contribution in [2.24, 2.45) is 0 Å². The van der Waals surface area contributed by atoms with Gasteiger partial charge >= 0.3 is 0 Å². The number of carbonyl (C=O) groups is 2. The molecule has 2 amide bonds. The van der Waals surface area contributed by atoms with Crippen molar-refractivity contribution in [1.82, 2.24) is 10.9 Å². The minimum atomic E-state index is -1.23. The third-order valence-electron chi connectivity index (χ3n) is 3.08. The van der Waals surface area contributed by atoms with Gasteiger partial charge in [-0.05, 0) is 31.2 Å². The van der Waals surface area contributed by atoms with Gasteiger partial charge in [0.05, 0.1) is 17.2 Å². The first-order chi connectivity index (χ1) is 12.4. The summed E-state index contributed by atoms with van der Waals surface area (Å²) in [5.74, 6) is -3.17. The van der Waals surface area contributed by atoms with Gasteiger partial charge in [-0.3, -0.25) is 20.4 Å². The Labute approximate surface area is 153 Å². The number of nitrogens with one attached hydrogen (secondary N) is 2. The number of carbonyl (C=O) groups excluding carboxylic acids is 2. The molecule has 0 atom stereocenters. The van der Waals surface area contributed by atoms with Crippen LogP contribution in [0, 0.1) is 11.6 Å². The summed E-state index contributed by atoms with van der Waals surface area (Å²) in [5, 5.41) is -0.294. The van der Waals surface area contributed by atoms with Crippen LogP contribution in [0.1, 0.15) is 17.3 Å². The van der Waals surface area contributed by atoms with Crippen LogP contribution in [0.4, 0.5) is 8.78 Å².